The number of nitrogens with one attached hydrogen (secondary N) is 1. The van der Waals surface area contributed by atoms with Gasteiger partial charge in [0.05, 0.1) is 24.8 Å². The van der Waals surface area contributed by atoms with E-state index in [0.717, 1.165) is 42.1 Å². The smallest absolute Gasteiger partial charge is 0.264 e. The molecule has 2 aromatic carbocycles. The number of sulfonamides is 1. The zero-order valence-corrected chi connectivity index (χ0v) is 18.5. The summed E-state index contributed by atoms with van der Waals surface area (Å²) in [5.74, 6) is 0.343. The first-order valence-corrected chi connectivity index (χ1v) is 11.5. The van der Waals surface area contributed by atoms with Crippen LogP contribution in [-0.2, 0) is 14.8 Å². The maximum atomic E-state index is 13.5. The summed E-state index contributed by atoms with van der Waals surface area (Å²) >= 11 is 0. The highest BCUT2D eigenvalue weighted by molar-refractivity contribution is 7.92. The molecule has 0 unspecified atom stereocenters. The van der Waals surface area contributed by atoms with Gasteiger partial charge in [-0.05, 0) is 62.1 Å². The summed E-state index contributed by atoms with van der Waals surface area (Å²) in [7, 11) is -1.11. The van der Waals surface area contributed by atoms with Crippen LogP contribution in [0.25, 0.3) is 0 Å². The molecule has 0 radical (unpaired) electrons. The van der Waals surface area contributed by atoms with Gasteiger partial charge in [0, 0.05) is 5.71 Å². The number of benzene rings is 2. The van der Waals surface area contributed by atoms with Crippen molar-refractivity contribution < 1.29 is 22.7 Å². The van der Waals surface area contributed by atoms with E-state index >= 15 is 0 Å². The van der Waals surface area contributed by atoms with E-state index in [0.29, 0.717) is 11.5 Å². The van der Waals surface area contributed by atoms with Gasteiger partial charge in [0.2, 0.25) is 0 Å². The molecule has 8 nitrogen and oxygen atoms in total. The Hall–Kier alpha value is -3.07. The van der Waals surface area contributed by atoms with Crippen molar-refractivity contribution in [2.24, 2.45) is 5.10 Å². The number of anilines is 1. The molecule has 1 fully saturated rings. The SMILES string of the molecule is COc1ccc(S(=O)(=O)N(CC(=O)NN=C2CCCCC2)c2ccccc2OC)cc1. The molecule has 1 saturated carbocycles. The fraction of sp³-hybridized carbons (Fsp3) is 0.364. The van der Waals surface area contributed by atoms with Gasteiger partial charge in [0.1, 0.15) is 18.0 Å². The van der Waals surface area contributed by atoms with Crippen molar-refractivity contribution >= 4 is 27.3 Å². The molecule has 1 amide bonds. The Balaban J connectivity index is 1.91. The van der Waals surface area contributed by atoms with Crippen LogP contribution in [0.5, 0.6) is 11.5 Å². The zero-order chi connectivity index (χ0) is 22.3. The van der Waals surface area contributed by atoms with Crippen LogP contribution in [0.1, 0.15) is 32.1 Å². The largest absolute Gasteiger partial charge is 0.497 e. The molecule has 0 atom stereocenters. The molecule has 0 bridgehead atoms. The summed E-state index contributed by atoms with van der Waals surface area (Å²) in [6, 6.07) is 12.7. The maximum absolute atomic E-state index is 13.5. The van der Waals surface area contributed by atoms with Crippen molar-refractivity contribution in [1.82, 2.24) is 5.43 Å². The van der Waals surface area contributed by atoms with Gasteiger partial charge in [-0.2, -0.15) is 5.10 Å². The van der Waals surface area contributed by atoms with E-state index in [4.69, 9.17) is 9.47 Å². The van der Waals surface area contributed by atoms with Gasteiger partial charge in [0.15, 0.2) is 0 Å². The summed E-state index contributed by atoms with van der Waals surface area (Å²) in [4.78, 5) is 12.7. The second-order valence-corrected chi connectivity index (χ2v) is 9.00. The predicted molar refractivity (Wildman–Crippen MR) is 119 cm³/mol. The van der Waals surface area contributed by atoms with Gasteiger partial charge < -0.3 is 9.47 Å². The van der Waals surface area contributed by atoms with Crippen LogP contribution in [0.4, 0.5) is 5.69 Å². The van der Waals surface area contributed by atoms with Gasteiger partial charge in [0.25, 0.3) is 15.9 Å². The number of nitrogens with zero attached hydrogens (tertiary/aromatic N) is 2. The fourth-order valence-corrected chi connectivity index (χ4v) is 4.82. The monoisotopic (exact) mass is 445 g/mol. The van der Waals surface area contributed by atoms with Crippen molar-refractivity contribution in [3.63, 3.8) is 0 Å². The van der Waals surface area contributed by atoms with Gasteiger partial charge >= 0.3 is 0 Å². The number of carbonyl (C=O) groups is 1. The van der Waals surface area contributed by atoms with Crippen molar-refractivity contribution in [3.8, 4) is 11.5 Å². The first kappa shape index (κ1) is 22.6. The molecule has 0 aromatic heterocycles. The third-order valence-corrected chi connectivity index (χ3v) is 6.83. The molecule has 0 aliphatic heterocycles. The predicted octanol–water partition coefficient (Wildman–Crippen LogP) is 3.34. The quantitative estimate of drug-likeness (QED) is 0.629. The second kappa shape index (κ2) is 10.3. The highest BCUT2D eigenvalue weighted by Crippen LogP contribution is 2.32. The number of hydrazone groups is 1. The molecule has 1 aliphatic rings. The Morgan fingerprint density at radius 2 is 1.68 bits per heavy atom. The lowest BCUT2D eigenvalue weighted by Gasteiger charge is -2.25. The Morgan fingerprint density at radius 3 is 2.32 bits per heavy atom. The fourth-order valence-electron chi connectivity index (χ4n) is 3.39. The summed E-state index contributed by atoms with van der Waals surface area (Å²) in [5.41, 5.74) is 3.71. The molecule has 9 heteroatoms. The number of ether oxygens (including phenoxy) is 2. The molecule has 0 heterocycles. The van der Waals surface area contributed by atoms with Gasteiger partial charge in [-0.3, -0.25) is 9.10 Å². The average Bonchev–Trinajstić information content (AvgIpc) is 2.81. The van der Waals surface area contributed by atoms with Gasteiger partial charge in [-0.15, -0.1) is 0 Å². The minimum absolute atomic E-state index is 0.0330. The number of hydrogen-bond acceptors (Lipinski definition) is 6. The molecular weight excluding hydrogens is 418 g/mol. The van der Waals surface area contributed by atoms with Gasteiger partial charge in [-0.25, -0.2) is 13.8 Å². The summed E-state index contributed by atoms with van der Waals surface area (Å²) in [6.07, 6.45) is 4.96. The normalized spacial score (nSPS) is 13.9. The molecule has 1 aliphatic carbocycles. The molecule has 0 spiro atoms. The van der Waals surface area contributed by atoms with Crippen molar-refractivity contribution in [2.45, 2.75) is 37.0 Å². The molecule has 31 heavy (non-hydrogen) atoms. The van der Waals surface area contributed by atoms with Crippen LogP contribution in [0.15, 0.2) is 58.5 Å². The number of hydrogen-bond donors (Lipinski definition) is 1. The van der Waals surface area contributed by atoms with Crippen LogP contribution in [0.3, 0.4) is 0 Å². The van der Waals surface area contributed by atoms with E-state index in [1.807, 2.05) is 0 Å². The van der Waals surface area contributed by atoms with Crippen LogP contribution in [-0.4, -0.2) is 40.8 Å². The standard InChI is InChI=1S/C22H27N3O5S/c1-29-18-12-14-19(15-13-18)31(27,28)25(20-10-6-7-11-21(20)30-2)16-22(26)24-23-17-8-4-3-5-9-17/h6-7,10-15H,3-5,8-9,16H2,1-2H3,(H,24,26). The molecule has 2 aromatic rings. The van der Waals surface area contributed by atoms with E-state index in [9.17, 15) is 13.2 Å². The van der Waals surface area contributed by atoms with E-state index in [2.05, 4.69) is 10.5 Å². The third kappa shape index (κ3) is 5.55. The highest BCUT2D eigenvalue weighted by Gasteiger charge is 2.29. The number of amides is 1. The van der Waals surface area contributed by atoms with Crippen LogP contribution in [0, 0.1) is 0 Å². The lowest BCUT2D eigenvalue weighted by Crippen LogP contribution is -2.40. The molecule has 0 saturated heterocycles. The van der Waals surface area contributed by atoms with E-state index in [1.165, 1.54) is 26.4 Å². The average molecular weight is 446 g/mol. The molecule has 166 valence electrons. The summed E-state index contributed by atoms with van der Waals surface area (Å²) < 4.78 is 38.4. The van der Waals surface area contributed by atoms with Crippen LogP contribution in [0.2, 0.25) is 0 Å². The van der Waals surface area contributed by atoms with Crippen molar-refractivity contribution in [1.29, 1.82) is 0 Å². The maximum Gasteiger partial charge on any atom is 0.264 e. The summed E-state index contributed by atoms with van der Waals surface area (Å²) in [6.45, 7) is -0.439. The van der Waals surface area contributed by atoms with Crippen LogP contribution < -0.4 is 19.2 Å². The molecular formula is C22H27N3O5S. The lowest BCUT2D eigenvalue weighted by atomic mass is 9.99. The van der Waals surface area contributed by atoms with E-state index < -0.39 is 22.5 Å². The number of carbonyl (C=O) groups excluding carboxylic acids is 1. The Bertz CT molecular complexity index is 1030. The molecule has 3 rings (SSSR count). The third-order valence-electron chi connectivity index (χ3n) is 5.06. The van der Waals surface area contributed by atoms with Crippen LogP contribution >= 0.6 is 0 Å². The van der Waals surface area contributed by atoms with Gasteiger partial charge in [-0.1, -0.05) is 18.6 Å². The Labute approximate surface area is 182 Å². The molecule has 1 N–H and O–H groups in total. The zero-order valence-electron chi connectivity index (χ0n) is 17.7. The first-order valence-electron chi connectivity index (χ1n) is 10.1. The minimum Gasteiger partial charge on any atom is -0.497 e. The topological polar surface area (TPSA) is 97.3 Å². The number of para-hydroxylation sites is 2. The number of rotatable bonds is 8. The lowest BCUT2D eigenvalue weighted by molar-refractivity contribution is -0.119. The second-order valence-electron chi connectivity index (χ2n) is 7.13. The first-order chi connectivity index (χ1) is 15.0. The minimum atomic E-state index is -4.06. The highest BCUT2D eigenvalue weighted by atomic mass is 32.2. The summed E-state index contributed by atoms with van der Waals surface area (Å²) in [5, 5.41) is 4.20. The van der Waals surface area contributed by atoms with E-state index in [-0.39, 0.29) is 10.6 Å². The van der Waals surface area contributed by atoms with E-state index in [1.54, 1.807) is 36.4 Å². The Kier molecular flexibility index (Phi) is 7.51. The Morgan fingerprint density at radius 1 is 1.00 bits per heavy atom. The van der Waals surface area contributed by atoms with Crippen molar-refractivity contribution in [3.05, 3.63) is 48.5 Å². The van der Waals surface area contributed by atoms with Crippen molar-refractivity contribution in [2.75, 3.05) is 25.1 Å². The number of methoxy groups -OCH3 is 2.